The van der Waals surface area contributed by atoms with Crippen molar-refractivity contribution in [2.45, 2.75) is 38.1 Å². The predicted molar refractivity (Wildman–Crippen MR) is 61.6 cm³/mol. The lowest BCUT2D eigenvalue weighted by atomic mass is 9.90. The van der Waals surface area contributed by atoms with Crippen LogP contribution in [0.2, 0.25) is 0 Å². The number of nitrogens with zero attached hydrogens (tertiary/aromatic N) is 1. The van der Waals surface area contributed by atoms with Crippen molar-refractivity contribution in [3.05, 3.63) is 0 Å². The third kappa shape index (κ3) is 2.92. The van der Waals surface area contributed by atoms with Gasteiger partial charge in [-0.05, 0) is 45.8 Å². The summed E-state index contributed by atoms with van der Waals surface area (Å²) in [7, 11) is 1.83. The van der Waals surface area contributed by atoms with E-state index in [1.807, 2.05) is 7.05 Å². The summed E-state index contributed by atoms with van der Waals surface area (Å²) in [5.41, 5.74) is 5.01. The SMILES string of the molecule is CCCN1CCCC(NC)(C(N)=O)CC1. The van der Waals surface area contributed by atoms with E-state index >= 15 is 0 Å². The number of rotatable bonds is 4. The summed E-state index contributed by atoms with van der Waals surface area (Å²) in [4.78, 5) is 13.9. The van der Waals surface area contributed by atoms with E-state index in [0.717, 1.165) is 38.9 Å². The number of primary amides is 1. The molecule has 1 aliphatic rings. The molecule has 3 N–H and O–H groups in total. The van der Waals surface area contributed by atoms with Gasteiger partial charge in [0.2, 0.25) is 5.91 Å². The van der Waals surface area contributed by atoms with Crippen LogP contribution in [0.25, 0.3) is 0 Å². The highest BCUT2D eigenvalue weighted by atomic mass is 16.1. The summed E-state index contributed by atoms with van der Waals surface area (Å²) in [6, 6.07) is 0. The maximum Gasteiger partial charge on any atom is 0.237 e. The smallest absolute Gasteiger partial charge is 0.237 e. The molecule has 1 heterocycles. The number of carbonyl (C=O) groups is 1. The number of nitrogens with two attached hydrogens (primary N) is 1. The standard InChI is InChI=1S/C11H23N3O/c1-3-7-14-8-4-5-11(13-2,6-9-14)10(12)15/h13H,3-9H2,1-2H3,(H2,12,15). The molecule has 1 fully saturated rings. The van der Waals surface area contributed by atoms with Crippen LogP contribution in [0, 0.1) is 0 Å². The second kappa shape index (κ2) is 5.47. The number of likely N-dealkylation sites (N-methyl/N-ethyl adjacent to an activating group) is 1. The molecule has 1 saturated heterocycles. The highest BCUT2D eigenvalue weighted by molar-refractivity contribution is 5.84. The van der Waals surface area contributed by atoms with E-state index in [1.165, 1.54) is 6.42 Å². The van der Waals surface area contributed by atoms with Crippen molar-refractivity contribution < 1.29 is 4.79 Å². The third-order valence-corrected chi connectivity index (χ3v) is 3.42. The molecule has 1 atom stereocenters. The van der Waals surface area contributed by atoms with Crippen LogP contribution in [-0.4, -0.2) is 43.0 Å². The first-order chi connectivity index (χ1) is 7.14. The summed E-state index contributed by atoms with van der Waals surface area (Å²) in [5.74, 6) is -0.205. The Hall–Kier alpha value is -0.610. The highest BCUT2D eigenvalue weighted by Gasteiger charge is 2.36. The molecule has 88 valence electrons. The zero-order chi connectivity index (χ0) is 11.3. The van der Waals surface area contributed by atoms with Gasteiger partial charge in [-0.15, -0.1) is 0 Å². The van der Waals surface area contributed by atoms with E-state index in [0.29, 0.717) is 0 Å². The molecule has 0 aromatic heterocycles. The van der Waals surface area contributed by atoms with E-state index in [9.17, 15) is 4.79 Å². The first kappa shape index (κ1) is 12.5. The molecule has 0 aromatic carbocycles. The van der Waals surface area contributed by atoms with E-state index in [-0.39, 0.29) is 5.91 Å². The fraction of sp³-hybridized carbons (Fsp3) is 0.909. The van der Waals surface area contributed by atoms with E-state index in [2.05, 4.69) is 17.1 Å². The minimum atomic E-state index is -0.470. The number of amides is 1. The summed E-state index contributed by atoms with van der Waals surface area (Å²) in [5, 5.41) is 3.12. The number of hydrogen-bond donors (Lipinski definition) is 2. The molecule has 0 saturated carbocycles. The minimum Gasteiger partial charge on any atom is -0.368 e. The molecule has 1 unspecified atom stereocenters. The fourth-order valence-corrected chi connectivity index (χ4v) is 2.35. The Kier molecular flexibility index (Phi) is 4.54. The largest absolute Gasteiger partial charge is 0.368 e. The molecule has 4 nitrogen and oxygen atoms in total. The zero-order valence-electron chi connectivity index (χ0n) is 9.88. The van der Waals surface area contributed by atoms with Crippen LogP contribution in [-0.2, 0) is 4.79 Å². The van der Waals surface area contributed by atoms with Gasteiger partial charge in [0.25, 0.3) is 0 Å². The van der Waals surface area contributed by atoms with Crippen molar-refractivity contribution in [2.75, 3.05) is 26.7 Å². The minimum absolute atomic E-state index is 0.205. The summed E-state index contributed by atoms with van der Waals surface area (Å²) < 4.78 is 0. The Labute approximate surface area is 92.2 Å². The van der Waals surface area contributed by atoms with Gasteiger partial charge in [-0.1, -0.05) is 6.92 Å². The molecule has 1 aliphatic heterocycles. The zero-order valence-corrected chi connectivity index (χ0v) is 9.88. The first-order valence-corrected chi connectivity index (χ1v) is 5.86. The van der Waals surface area contributed by atoms with Crippen molar-refractivity contribution >= 4 is 5.91 Å². The van der Waals surface area contributed by atoms with Crippen molar-refractivity contribution in [2.24, 2.45) is 5.73 Å². The number of likely N-dealkylation sites (tertiary alicyclic amines) is 1. The van der Waals surface area contributed by atoms with Gasteiger partial charge >= 0.3 is 0 Å². The maximum absolute atomic E-state index is 11.5. The van der Waals surface area contributed by atoms with Crippen LogP contribution in [0.3, 0.4) is 0 Å². The molecule has 0 bridgehead atoms. The first-order valence-electron chi connectivity index (χ1n) is 5.86. The third-order valence-electron chi connectivity index (χ3n) is 3.42. The average molecular weight is 213 g/mol. The van der Waals surface area contributed by atoms with Crippen molar-refractivity contribution in [1.82, 2.24) is 10.2 Å². The molecular weight excluding hydrogens is 190 g/mol. The highest BCUT2D eigenvalue weighted by Crippen LogP contribution is 2.21. The molecule has 4 heteroatoms. The maximum atomic E-state index is 11.5. The van der Waals surface area contributed by atoms with Gasteiger partial charge < -0.3 is 16.0 Å². The van der Waals surface area contributed by atoms with Crippen molar-refractivity contribution in [3.63, 3.8) is 0 Å². The number of carbonyl (C=O) groups excluding carboxylic acids is 1. The van der Waals surface area contributed by atoms with Gasteiger partial charge in [0.15, 0.2) is 0 Å². The van der Waals surface area contributed by atoms with Crippen LogP contribution in [0.5, 0.6) is 0 Å². The molecule has 15 heavy (non-hydrogen) atoms. The van der Waals surface area contributed by atoms with Gasteiger partial charge in [0, 0.05) is 6.54 Å². The average Bonchev–Trinajstić information content (AvgIpc) is 2.42. The molecule has 0 aromatic rings. The van der Waals surface area contributed by atoms with E-state index in [1.54, 1.807) is 0 Å². The fourth-order valence-electron chi connectivity index (χ4n) is 2.35. The number of nitrogens with one attached hydrogen (secondary N) is 1. The molecule has 0 radical (unpaired) electrons. The summed E-state index contributed by atoms with van der Waals surface area (Å²) in [6.07, 6.45) is 3.91. The van der Waals surface area contributed by atoms with E-state index < -0.39 is 5.54 Å². The topological polar surface area (TPSA) is 58.4 Å². The van der Waals surface area contributed by atoms with Gasteiger partial charge in [0.1, 0.15) is 0 Å². The van der Waals surface area contributed by atoms with Crippen LogP contribution in [0.1, 0.15) is 32.6 Å². The quantitative estimate of drug-likeness (QED) is 0.707. The van der Waals surface area contributed by atoms with Crippen LogP contribution in [0.15, 0.2) is 0 Å². The van der Waals surface area contributed by atoms with Gasteiger partial charge in [-0.3, -0.25) is 4.79 Å². The Morgan fingerprint density at radius 1 is 1.47 bits per heavy atom. The van der Waals surface area contributed by atoms with Crippen LogP contribution < -0.4 is 11.1 Å². The van der Waals surface area contributed by atoms with E-state index in [4.69, 9.17) is 5.73 Å². The predicted octanol–water partition coefficient (Wildman–Crippen LogP) is 0.326. The Balaban J connectivity index is 2.60. The Morgan fingerprint density at radius 2 is 2.20 bits per heavy atom. The van der Waals surface area contributed by atoms with Crippen LogP contribution in [0.4, 0.5) is 0 Å². The Morgan fingerprint density at radius 3 is 2.73 bits per heavy atom. The second-order valence-corrected chi connectivity index (χ2v) is 4.39. The molecule has 0 spiro atoms. The molecule has 0 aliphatic carbocycles. The monoisotopic (exact) mass is 213 g/mol. The van der Waals surface area contributed by atoms with Crippen LogP contribution >= 0.6 is 0 Å². The van der Waals surface area contributed by atoms with Gasteiger partial charge in [0.05, 0.1) is 5.54 Å². The lowest BCUT2D eigenvalue weighted by Gasteiger charge is -2.28. The Bertz CT molecular complexity index is 220. The molecular formula is C11H23N3O. The lowest BCUT2D eigenvalue weighted by molar-refractivity contribution is -0.124. The second-order valence-electron chi connectivity index (χ2n) is 4.39. The number of hydrogen-bond acceptors (Lipinski definition) is 3. The molecule has 1 amide bonds. The summed E-state index contributed by atoms with van der Waals surface area (Å²) in [6.45, 7) is 5.37. The summed E-state index contributed by atoms with van der Waals surface area (Å²) >= 11 is 0. The normalized spacial score (nSPS) is 28.7. The van der Waals surface area contributed by atoms with Gasteiger partial charge in [-0.25, -0.2) is 0 Å². The van der Waals surface area contributed by atoms with Crippen molar-refractivity contribution in [1.29, 1.82) is 0 Å². The van der Waals surface area contributed by atoms with Gasteiger partial charge in [-0.2, -0.15) is 0 Å². The lowest BCUT2D eigenvalue weighted by Crippen LogP contribution is -2.54. The molecule has 1 rings (SSSR count). The van der Waals surface area contributed by atoms with Crippen molar-refractivity contribution in [3.8, 4) is 0 Å².